The molecule has 0 radical (unpaired) electrons. The Balaban J connectivity index is 1.61. The third-order valence-corrected chi connectivity index (χ3v) is 4.52. The lowest BCUT2D eigenvalue weighted by atomic mass is 10.1. The smallest absolute Gasteiger partial charge is 0.269 e. The Labute approximate surface area is 169 Å². The van der Waals surface area contributed by atoms with E-state index in [4.69, 9.17) is 4.74 Å². The van der Waals surface area contributed by atoms with Crippen molar-refractivity contribution in [2.24, 2.45) is 0 Å². The molecule has 0 aliphatic heterocycles. The molecule has 1 aromatic heterocycles. The highest BCUT2D eigenvalue weighted by molar-refractivity contribution is 5.95. The van der Waals surface area contributed by atoms with Crippen LogP contribution in [0.15, 0.2) is 54.6 Å². The molecule has 3 aromatic rings. The number of amides is 2. The molecule has 0 bridgehead atoms. The van der Waals surface area contributed by atoms with Crippen molar-refractivity contribution in [1.29, 1.82) is 0 Å². The van der Waals surface area contributed by atoms with Gasteiger partial charge >= 0.3 is 0 Å². The number of rotatable bonds is 6. The molecule has 0 aliphatic rings. The molecule has 7 heteroatoms. The van der Waals surface area contributed by atoms with Gasteiger partial charge in [-0.1, -0.05) is 18.2 Å². The second kappa shape index (κ2) is 9.05. The molecule has 2 aromatic carbocycles. The summed E-state index contributed by atoms with van der Waals surface area (Å²) in [5.41, 5.74) is 8.77. The fraction of sp³-hybridized carbons (Fsp3) is 0.227. The monoisotopic (exact) mass is 392 g/mol. The molecule has 0 unspecified atom stereocenters. The SMILES string of the molecule is CCOc1ccc(C(=O)NNC(=O)Cc2c(C)nn(-c3ccccc3)c2C)cc1. The predicted molar refractivity (Wildman–Crippen MR) is 110 cm³/mol. The van der Waals surface area contributed by atoms with Crippen LogP contribution in [0, 0.1) is 13.8 Å². The summed E-state index contributed by atoms with van der Waals surface area (Å²) in [6.07, 6.45) is 0.119. The highest BCUT2D eigenvalue weighted by atomic mass is 16.5. The molecule has 0 saturated carbocycles. The zero-order valence-corrected chi connectivity index (χ0v) is 16.7. The first-order valence-electron chi connectivity index (χ1n) is 9.42. The van der Waals surface area contributed by atoms with E-state index in [9.17, 15) is 9.59 Å². The quantitative estimate of drug-likeness (QED) is 0.632. The van der Waals surface area contributed by atoms with Crippen molar-refractivity contribution in [3.8, 4) is 11.4 Å². The lowest BCUT2D eigenvalue weighted by Gasteiger charge is -2.09. The number of para-hydroxylation sites is 1. The van der Waals surface area contributed by atoms with Crippen LogP contribution >= 0.6 is 0 Å². The fourth-order valence-electron chi connectivity index (χ4n) is 3.02. The van der Waals surface area contributed by atoms with E-state index in [0.717, 1.165) is 22.6 Å². The molecule has 2 amide bonds. The van der Waals surface area contributed by atoms with Crippen LogP contribution in [-0.4, -0.2) is 28.2 Å². The van der Waals surface area contributed by atoms with Crippen molar-refractivity contribution in [1.82, 2.24) is 20.6 Å². The average molecular weight is 392 g/mol. The minimum atomic E-state index is -0.394. The highest BCUT2D eigenvalue weighted by Gasteiger charge is 2.16. The Bertz CT molecular complexity index is 995. The molecule has 0 atom stereocenters. The molecule has 3 rings (SSSR count). The van der Waals surface area contributed by atoms with E-state index in [1.165, 1.54) is 0 Å². The summed E-state index contributed by atoms with van der Waals surface area (Å²) in [6, 6.07) is 16.5. The zero-order valence-electron chi connectivity index (χ0n) is 16.7. The van der Waals surface area contributed by atoms with Gasteiger partial charge in [0.15, 0.2) is 0 Å². The van der Waals surface area contributed by atoms with Gasteiger partial charge in [0, 0.05) is 16.8 Å². The first-order chi connectivity index (χ1) is 14.0. The molecule has 0 saturated heterocycles. The van der Waals surface area contributed by atoms with Gasteiger partial charge in [0.2, 0.25) is 5.91 Å². The number of aromatic nitrogens is 2. The summed E-state index contributed by atoms with van der Waals surface area (Å²) in [6.45, 7) is 6.24. The van der Waals surface area contributed by atoms with Crippen molar-refractivity contribution >= 4 is 11.8 Å². The molecular formula is C22H24N4O3. The maximum atomic E-state index is 12.4. The Morgan fingerprint density at radius 2 is 1.69 bits per heavy atom. The van der Waals surface area contributed by atoms with Crippen LogP contribution in [-0.2, 0) is 11.2 Å². The van der Waals surface area contributed by atoms with Crippen LogP contribution in [0.3, 0.4) is 0 Å². The van der Waals surface area contributed by atoms with E-state index in [2.05, 4.69) is 16.0 Å². The van der Waals surface area contributed by atoms with Gasteiger partial charge in [-0.05, 0) is 57.2 Å². The number of hydrazine groups is 1. The molecule has 1 heterocycles. The summed E-state index contributed by atoms with van der Waals surface area (Å²) in [5.74, 6) is -0.0209. The van der Waals surface area contributed by atoms with Crippen molar-refractivity contribution in [3.63, 3.8) is 0 Å². The third kappa shape index (κ3) is 4.82. The van der Waals surface area contributed by atoms with E-state index in [-0.39, 0.29) is 12.3 Å². The van der Waals surface area contributed by atoms with Gasteiger partial charge in [-0.2, -0.15) is 5.10 Å². The Morgan fingerprint density at radius 3 is 2.34 bits per heavy atom. The lowest BCUT2D eigenvalue weighted by Crippen LogP contribution is -2.42. The standard InChI is InChI=1S/C22H24N4O3/c1-4-29-19-12-10-17(11-13-19)22(28)24-23-21(27)14-20-15(2)25-26(16(20)3)18-8-6-5-7-9-18/h5-13H,4,14H2,1-3H3,(H,23,27)(H,24,28). The van der Waals surface area contributed by atoms with Crippen LogP contribution < -0.4 is 15.6 Å². The Kier molecular flexibility index (Phi) is 6.29. The van der Waals surface area contributed by atoms with Crippen molar-refractivity contribution in [2.45, 2.75) is 27.2 Å². The van der Waals surface area contributed by atoms with Gasteiger partial charge in [0.1, 0.15) is 5.75 Å². The van der Waals surface area contributed by atoms with Gasteiger partial charge in [-0.25, -0.2) is 4.68 Å². The van der Waals surface area contributed by atoms with Crippen LogP contribution in [0.25, 0.3) is 5.69 Å². The number of carbonyl (C=O) groups excluding carboxylic acids is 2. The second-order valence-electron chi connectivity index (χ2n) is 6.53. The summed E-state index contributed by atoms with van der Waals surface area (Å²) in [7, 11) is 0. The number of nitrogens with one attached hydrogen (secondary N) is 2. The number of carbonyl (C=O) groups is 2. The lowest BCUT2D eigenvalue weighted by molar-refractivity contribution is -0.121. The van der Waals surface area contributed by atoms with E-state index >= 15 is 0 Å². The average Bonchev–Trinajstić information content (AvgIpc) is 3.01. The third-order valence-electron chi connectivity index (χ3n) is 4.52. The van der Waals surface area contributed by atoms with Crippen molar-refractivity contribution in [2.75, 3.05) is 6.61 Å². The molecule has 2 N–H and O–H groups in total. The maximum Gasteiger partial charge on any atom is 0.269 e. The van der Waals surface area contributed by atoms with Crippen molar-refractivity contribution in [3.05, 3.63) is 77.1 Å². The number of benzene rings is 2. The van der Waals surface area contributed by atoms with Gasteiger partial charge in [0.05, 0.1) is 24.4 Å². The Hall–Kier alpha value is -3.61. The molecule has 150 valence electrons. The number of ether oxygens (including phenoxy) is 1. The zero-order chi connectivity index (χ0) is 20.8. The summed E-state index contributed by atoms with van der Waals surface area (Å²) in [4.78, 5) is 24.6. The van der Waals surface area contributed by atoms with Gasteiger partial charge in [-0.15, -0.1) is 0 Å². The summed E-state index contributed by atoms with van der Waals surface area (Å²) >= 11 is 0. The largest absolute Gasteiger partial charge is 0.494 e. The minimum Gasteiger partial charge on any atom is -0.494 e. The molecule has 7 nitrogen and oxygen atoms in total. The van der Waals surface area contributed by atoms with Gasteiger partial charge < -0.3 is 4.74 Å². The number of aryl methyl sites for hydroxylation is 1. The van der Waals surface area contributed by atoms with Crippen molar-refractivity contribution < 1.29 is 14.3 Å². The molecule has 0 spiro atoms. The highest BCUT2D eigenvalue weighted by Crippen LogP contribution is 2.18. The maximum absolute atomic E-state index is 12.4. The van der Waals surface area contributed by atoms with E-state index < -0.39 is 5.91 Å². The van der Waals surface area contributed by atoms with E-state index in [0.29, 0.717) is 17.9 Å². The summed E-state index contributed by atoms with van der Waals surface area (Å²) < 4.78 is 7.17. The topological polar surface area (TPSA) is 85.2 Å². The van der Waals surface area contributed by atoms with Crippen LogP contribution in [0.5, 0.6) is 5.75 Å². The first-order valence-corrected chi connectivity index (χ1v) is 9.42. The van der Waals surface area contributed by atoms with E-state index in [1.54, 1.807) is 24.3 Å². The Morgan fingerprint density at radius 1 is 1.00 bits per heavy atom. The second-order valence-corrected chi connectivity index (χ2v) is 6.53. The fourth-order valence-corrected chi connectivity index (χ4v) is 3.02. The normalized spacial score (nSPS) is 10.4. The molecule has 29 heavy (non-hydrogen) atoms. The summed E-state index contributed by atoms with van der Waals surface area (Å²) in [5, 5.41) is 4.54. The number of hydrogen-bond donors (Lipinski definition) is 2. The predicted octanol–water partition coefficient (Wildman–Crippen LogP) is 2.89. The number of nitrogens with zero attached hydrogens (tertiary/aromatic N) is 2. The van der Waals surface area contributed by atoms with Crippen LogP contribution in [0.1, 0.15) is 34.2 Å². The number of hydrogen-bond acceptors (Lipinski definition) is 4. The first kappa shape index (κ1) is 20.1. The van der Waals surface area contributed by atoms with E-state index in [1.807, 2.05) is 55.8 Å². The van der Waals surface area contributed by atoms with Crippen LogP contribution in [0.2, 0.25) is 0 Å². The van der Waals surface area contributed by atoms with Gasteiger partial charge in [0.25, 0.3) is 5.91 Å². The van der Waals surface area contributed by atoms with Crippen LogP contribution in [0.4, 0.5) is 0 Å². The molecule has 0 aliphatic carbocycles. The molecule has 0 fully saturated rings. The minimum absolute atomic E-state index is 0.119. The van der Waals surface area contributed by atoms with Gasteiger partial charge in [-0.3, -0.25) is 20.4 Å². The molecular weight excluding hydrogens is 368 g/mol.